The van der Waals surface area contributed by atoms with Crippen LogP contribution in [0.15, 0.2) is 18.2 Å². The van der Waals surface area contributed by atoms with E-state index in [0.29, 0.717) is 16.6 Å². The van der Waals surface area contributed by atoms with E-state index in [1.807, 2.05) is 18.0 Å². The first-order chi connectivity index (χ1) is 8.00. The zero-order valence-electron chi connectivity index (χ0n) is 9.98. The third kappa shape index (κ3) is 2.55. The van der Waals surface area contributed by atoms with Crippen molar-refractivity contribution in [2.45, 2.75) is 13.3 Å². The minimum Gasteiger partial charge on any atom is -0.478 e. The van der Waals surface area contributed by atoms with Crippen LogP contribution in [0, 0.1) is 11.8 Å². The van der Waals surface area contributed by atoms with Gasteiger partial charge in [-0.25, -0.2) is 4.79 Å². The van der Waals surface area contributed by atoms with Crippen LogP contribution in [0.1, 0.15) is 23.7 Å². The molecular weight excluding hydrogens is 238 g/mol. The molecule has 1 aromatic carbocycles. The number of carbonyl (C=O) groups is 1. The van der Waals surface area contributed by atoms with Gasteiger partial charge in [-0.2, -0.15) is 0 Å². The molecule has 0 spiro atoms. The highest BCUT2D eigenvalue weighted by Gasteiger charge is 2.33. The van der Waals surface area contributed by atoms with E-state index in [2.05, 4.69) is 6.92 Å². The second-order valence-electron chi connectivity index (χ2n) is 4.79. The zero-order valence-corrected chi connectivity index (χ0v) is 10.7. The Morgan fingerprint density at radius 1 is 1.59 bits per heavy atom. The molecule has 1 aromatic rings. The Morgan fingerprint density at radius 2 is 2.24 bits per heavy atom. The van der Waals surface area contributed by atoms with E-state index in [0.717, 1.165) is 12.5 Å². The number of hydrogen-bond acceptors (Lipinski definition) is 2. The maximum atomic E-state index is 11.2. The van der Waals surface area contributed by atoms with Gasteiger partial charge in [0.1, 0.15) is 5.56 Å². The number of benzene rings is 1. The Labute approximate surface area is 106 Å². The molecule has 0 aromatic heterocycles. The van der Waals surface area contributed by atoms with Crippen molar-refractivity contribution in [1.82, 2.24) is 0 Å². The maximum Gasteiger partial charge on any atom is 0.339 e. The average Bonchev–Trinajstić information content (AvgIpc) is 2.93. The lowest BCUT2D eigenvalue weighted by atomic mass is 10.1. The lowest BCUT2D eigenvalue weighted by molar-refractivity contribution is 0.0697. The van der Waals surface area contributed by atoms with Crippen LogP contribution >= 0.6 is 11.6 Å². The number of aromatic carboxylic acids is 1. The van der Waals surface area contributed by atoms with E-state index in [9.17, 15) is 9.90 Å². The van der Waals surface area contributed by atoms with Gasteiger partial charge in [-0.15, -0.1) is 0 Å². The van der Waals surface area contributed by atoms with Crippen LogP contribution in [0.5, 0.6) is 0 Å². The molecule has 2 rings (SSSR count). The Bertz CT molecular complexity index is 447. The van der Waals surface area contributed by atoms with Crippen molar-refractivity contribution in [2.75, 3.05) is 18.5 Å². The highest BCUT2D eigenvalue weighted by Crippen LogP contribution is 2.39. The van der Waals surface area contributed by atoms with Crippen molar-refractivity contribution in [3.05, 3.63) is 28.8 Å². The first-order valence-corrected chi connectivity index (χ1v) is 6.11. The van der Waals surface area contributed by atoms with Crippen LogP contribution in [0.4, 0.5) is 5.69 Å². The number of rotatable bonds is 4. The van der Waals surface area contributed by atoms with Gasteiger partial charge in [-0.1, -0.05) is 24.6 Å². The highest BCUT2D eigenvalue weighted by molar-refractivity contribution is 6.34. The smallest absolute Gasteiger partial charge is 0.339 e. The lowest BCUT2D eigenvalue weighted by Crippen LogP contribution is -2.23. The predicted molar refractivity (Wildman–Crippen MR) is 69.0 cm³/mol. The Balaban J connectivity index is 2.24. The Kier molecular flexibility index (Phi) is 3.29. The fraction of sp³-hybridized carbons (Fsp3) is 0.462. The average molecular weight is 254 g/mol. The molecule has 2 unspecified atom stereocenters. The van der Waals surface area contributed by atoms with E-state index in [1.165, 1.54) is 6.42 Å². The molecule has 4 heteroatoms. The van der Waals surface area contributed by atoms with Crippen molar-refractivity contribution in [3.8, 4) is 0 Å². The van der Waals surface area contributed by atoms with Gasteiger partial charge in [0.2, 0.25) is 0 Å². The second-order valence-corrected chi connectivity index (χ2v) is 5.20. The fourth-order valence-electron chi connectivity index (χ4n) is 2.15. The molecule has 17 heavy (non-hydrogen) atoms. The van der Waals surface area contributed by atoms with Gasteiger partial charge in [0.25, 0.3) is 0 Å². The van der Waals surface area contributed by atoms with Crippen LogP contribution < -0.4 is 4.90 Å². The number of carboxylic acid groups (broad SMARTS) is 1. The minimum atomic E-state index is -0.971. The summed E-state index contributed by atoms with van der Waals surface area (Å²) in [6, 6.07) is 5.21. The van der Waals surface area contributed by atoms with Crippen LogP contribution in [0.25, 0.3) is 0 Å². The normalized spacial score (nSPS) is 22.3. The van der Waals surface area contributed by atoms with E-state index < -0.39 is 5.97 Å². The maximum absolute atomic E-state index is 11.2. The Morgan fingerprint density at radius 3 is 2.76 bits per heavy atom. The SMILES string of the molecule is CC1CC1CN(C)c1cccc(Cl)c1C(=O)O. The third-order valence-electron chi connectivity index (χ3n) is 3.40. The quantitative estimate of drug-likeness (QED) is 0.896. The molecular formula is C13H16ClNO2. The molecule has 2 atom stereocenters. The van der Waals surface area contributed by atoms with Crippen LogP contribution in [0.2, 0.25) is 5.02 Å². The van der Waals surface area contributed by atoms with Gasteiger partial charge in [-0.05, 0) is 30.4 Å². The summed E-state index contributed by atoms with van der Waals surface area (Å²) in [4.78, 5) is 13.2. The molecule has 92 valence electrons. The lowest BCUT2D eigenvalue weighted by Gasteiger charge is -2.21. The molecule has 1 N–H and O–H groups in total. The van der Waals surface area contributed by atoms with Gasteiger partial charge >= 0.3 is 5.97 Å². The van der Waals surface area contributed by atoms with Crippen molar-refractivity contribution >= 4 is 23.3 Å². The summed E-state index contributed by atoms with van der Waals surface area (Å²) in [5.74, 6) is 0.465. The van der Waals surface area contributed by atoms with Crippen molar-refractivity contribution in [2.24, 2.45) is 11.8 Å². The van der Waals surface area contributed by atoms with Crippen molar-refractivity contribution in [3.63, 3.8) is 0 Å². The molecule has 0 amide bonds. The molecule has 3 nitrogen and oxygen atoms in total. The topological polar surface area (TPSA) is 40.5 Å². The van der Waals surface area contributed by atoms with E-state index >= 15 is 0 Å². The summed E-state index contributed by atoms with van der Waals surface area (Å²) in [7, 11) is 1.92. The minimum absolute atomic E-state index is 0.199. The van der Waals surface area contributed by atoms with Crippen molar-refractivity contribution < 1.29 is 9.90 Å². The molecule has 0 aliphatic heterocycles. The molecule has 1 aliphatic carbocycles. The first kappa shape index (κ1) is 12.2. The van der Waals surface area contributed by atoms with E-state index in [-0.39, 0.29) is 5.56 Å². The number of nitrogens with zero attached hydrogens (tertiary/aromatic N) is 1. The summed E-state index contributed by atoms with van der Waals surface area (Å²) in [6.45, 7) is 3.11. The zero-order chi connectivity index (χ0) is 12.6. The Hall–Kier alpha value is -1.22. The van der Waals surface area contributed by atoms with Crippen LogP contribution in [-0.4, -0.2) is 24.7 Å². The molecule has 0 saturated heterocycles. The molecule has 1 saturated carbocycles. The molecule has 1 fully saturated rings. The van der Waals surface area contributed by atoms with Gasteiger partial charge in [0.05, 0.1) is 10.7 Å². The number of hydrogen-bond donors (Lipinski definition) is 1. The number of halogens is 1. The summed E-state index contributed by atoms with van der Waals surface area (Å²) >= 11 is 5.94. The van der Waals surface area contributed by atoms with Gasteiger partial charge in [0.15, 0.2) is 0 Å². The summed E-state index contributed by atoms with van der Waals surface area (Å²) in [5, 5.41) is 9.48. The van der Waals surface area contributed by atoms with Crippen molar-refractivity contribution in [1.29, 1.82) is 0 Å². The highest BCUT2D eigenvalue weighted by atomic mass is 35.5. The summed E-state index contributed by atoms with van der Waals surface area (Å²) < 4.78 is 0. The molecule has 0 radical (unpaired) electrons. The van der Waals surface area contributed by atoms with Gasteiger partial charge in [-0.3, -0.25) is 0 Å². The van der Waals surface area contributed by atoms with Crippen LogP contribution in [0.3, 0.4) is 0 Å². The fourth-order valence-corrected chi connectivity index (χ4v) is 2.40. The first-order valence-electron chi connectivity index (χ1n) is 5.73. The summed E-state index contributed by atoms with van der Waals surface area (Å²) in [5.41, 5.74) is 0.897. The largest absolute Gasteiger partial charge is 0.478 e. The molecule has 0 bridgehead atoms. The van der Waals surface area contributed by atoms with E-state index in [4.69, 9.17) is 11.6 Å². The number of carboxylic acids is 1. The summed E-state index contributed by atoms with van der Waals surface area (Å²) in [6.07, 6.45) is 1.23. The van der Waals surface area contributed by atoms with Gasteiger partial charge < -0.3 is 10.0 Å². The van der Waals surface area contributed by atoms with E-state index in [1.54, 1.807) is 12.1 Å². The second kappa shape index (κ2) is 4.57. The molecule has 0 heterocycles. The third-order valence-corrected chi connectivity index (χ3v) is 3.72. The monoisotopic (exact) mass is 253 g/mol. The van der Waals surface area contributed by atoms with Crippen LogP contribution in [-0.2, 0) is 0 Å². The number of anilines is 1. The molecule has 1 aliphatic rings. The predicted octanol–water partition coefficient (Wildman–Crippen LogP) is 3.13. The standard InChI is InChI=1S/C13H16ClNO2/c1-8-6-9(8)7-15(2)11-5-3-4-10(14)12(11)13(16)17/h3-5,8-9H,6-7H2,1-2H3,(H,16,17). The van der Waals surface area contributed by atoms with Gasteiger partial charge in [0, 0.05) is 13.6 Å².